The molecule has 7 heteroatoms. The molecule has 0 bridgehead atoms. The second-order valence-electron chi connectivity index (χ2n) is 6.33. The van der Waals surface area contributed by atoms with Crippen LogP contribution in [0.25, 0.3) is 0 Å². The Kier molecular flexibility index (Phi) is 10.1. The average Bonchev–Trinajstić information content (AvgIpc) is 3.14. The molecule has 3 N–H and O–H groups in total. The normalized spacial score (nSPS) is 17.1. The Balaban J connectivity index is 0.00000338. The van der Waals surface area contributed by atoms with E-state index in [1.165, 1.54) is 0 Å². The molecule has 0 radical (unpaired) electrons. The topological polar surface area (TPSA) is 79.5 Å². The van der Waals surface area contributed by atoms with E-state index < -0.39 is 0 Å². The number of carbonyl (C=O) groups excluding carboxylic acids is 2. The molecule has 1 aliphatic heterocycles. The molecule has 2 amide bonds. The van der Waals surface area contributed by atoms with Crippen molar-refractivity contribution in [3.8, 4) is 5.75 Å². The molecule has 26 heavy (non-hydrogen) atoms. The SMILES string of the molecule is CCOc1ccc(C(C)NC(=O)CCCNC(=O)C2CCCN2)cc1.Cl. The van der Waals surface area contributed by atoms with Crippen molar-refractivity contribution in [3.05, 3.63) is 29.8 Å². The molecular formula is C19H30ClN3O3. The van der Waals surface area contributed by atoms with Gasteiger partial charge in [-0.15, -0.1) is 12.4 Å². The third kappa shape index (κ3) is 7.22. The van der Waals surface area contributed by atoms with Crippen LogP contribution in [0.4, 0.5) is 0 Å². The van der Waals surface area contributed by atoms with E-state index in [0.717, 1.165) is 30.7 Å². The summed E-state index contributed by atoms with van der Waals surface area (Å²) in [5, 5.41) is 9.04. The number of benzene rings is 1. The van der Waals surface area contributed by atoms with Crippen molar-refractivity contribution >= 4 is 24.2 Å². The van der Waals surface area contributed by atoms with Crippen LogP contribution in [0.1, 0.15) is 51.1 Å². The zero-order valence-corrected chi connectivity index (χ0v) is 16.4. The Morgan fingerprint density at radius 3 is 2.65 bits per heavy atom. The van der Waals surface area contributed by atoms with Gasteiger partial charge in [0.2, 0.25) is 11.8 Å². The third-order valence-electron chi connectivity index (χ3n) is 4.33. The molecule has 0 spiro atoms. The highest BCUT2D eigenvalue weighted by molar-refractivity contribution is 5.85. The molecule has 6 nitrogen and oxygen atoms in total. The number of amides is 2. The van der Waals surface area contributed by atoms with Crippen molar-refractivity contribution in [2.75, 3.05) is 19.7 Å². The molecule has 1 fully saturated rings. The number of rotatable bonds is 9. The number of carbonyl (C=O) groups is 2. The molecular weight excluding hydrogens is 354 g/mol. The van der Waals surface area contributed by atoms with Gasteiger partial charge < -0.3 is 20.7 Å². The van der Waals surface area contributed by atoms with Crippen LogP contribution in [-0.4, -0.2) is 37.6 Å². The molecule has 0 saturated carbocycles. The van der Waals surface area contributed by atoms with Gasteiger partial charge in [0.05, 0.1) is 18.7 Å². The van der Waals surface area contributed by atoms with Crippen molar-refractivity contribution in [2.45, 2.75) is 51.6 Å². The van der Waals surface area contributed by atoms with Gasteiger partial charge in [-0.2, -0.15) is 0 Å². The maximum Gasteiger partial charge on any atom is 0.237 e. The van der Waals surface area contributed by atoms with E-state index in [-0.39, 0.29) is 36.3 Å². The monoisotopic (exact) mass is 383 g/mol. The summed E-state index contributed by atoms with van der Waals surface area (Å²) in [6.45, 7) is 5.98. The van der Waals surface area contributed by atoms with Gasteiger partial charge in [-0.3, -0.25) is 9.59 Å². The van der Waals surface area contributed by atoms with Gasteiger partial charge in [0, 0.05) is 13.0 Å². The van der Waals surface area contributed by atoms with Crippen LogP contribution >= 0.6 is 12.4 Å². The van der Waals surface area contributed by atoms with Gasteiger partial charge in [0.1, 0.15) is 5.75 Å². The van der Waals surface area contributed by atoms with E-state index in [9.17, 15) is 9.59 Å². The smallest absolute Gasteiger partial charge is 0.237 e. The van der Waals surface area contributed by atoms with E-state index in [1.807, 2.05) is 38.1 Å². The fourth-order valence-electron chi connectivity index (χ4n) is 2.91. The molecule has 2 atom stereocenters. The van der Waals surface area contributed by atoms with Gasteiger partial charge in [0.15, 0.2) is 0 Å². The zero-order valence-electron chi connectivity index (χ0n) is 15.5. The largest absolute Gasteiger partial charge is 0.494 e. The Bertz CT molecular complexity index is 560. The highest BCUT2D eigenvalue weighted by atomic mass is 35.5. The Labute approximate surface area is 161 Å². The first-order valence-electron chi connectivity index (χ1n) is 9.13. The molecule has 1 aliphatic rings. The molecule has 2 rings (SSSR count). The molecule has 1 saturated heterocycles. The van der Waals surface area contributed by atoms with E-state index in [2.05, 4.69) is 16.0 Å². The summed E-state index contributed by atoms with van der Waals surface area (Å²) in [5.41, 5.74) is 1.04. The van der Waals surface area contributed by atoms with Crippen LogP contribution < -0.4 is 20.7 Å². The van der Waals surface area contributed by atoms with Crippen LogP contribution in [0, 0.1) is 0 Å². The summed E-state index contributed by atoms with van der Waals surface area (Å²) in [6.07, 6.45) is 2.98. The standard InChI is InChI=1S/C19H29N3O3.ClH/c1-3-25-16-10-8-15(9-11-16)14(2)22-18(23)7-5-13-21-19(24)17-6-4-12-20-17;/h8-11,14,17,20H,3-7,12-13H2,1-2H3,(H,21,24)(H,22,23);1H. The Morgan fingerprint density at radius 1 is 1.31 bits per heavy atom. The van der Waals surface area contributed by atoms with Crippen LogP contribution in [0.5, 0.6) is 5.75 Å². The maximum atomic E-state index is 12.0. The quantitative estimate of drug-likeness (QED) is 0.572. The first-order chi connectivity index (χ1) is 12.1. The lowest BCUT2D eigenvalue weighted by Gasteiger charge is -2.15. The number of hydrogen-bond donors (Lipinski definition) is 3. The Morgan fingerprint density at radius 2 is 2.04 bits per heavy atom. The average molecular weight is 384 g/mol. The lowest BCUT2D eigenvalue weighted by Crippen LogP contribution is -2.41. The van der Waals surface area contributed by atoms with Gasteiger partial charge in [-0.05, 0) is 57.4 Å². The summed E-state index contributed by atoms with van der Waals surface area (Å²) in [7, 11) is 0. The number of hydrogen-bond acceptors (Lipinski definition) is 4. The van der Waals surface area contributed by atoms with Crippen molar-refractivity contribution < 1.29 is 14.3 Å². The highest BCUT2D eigenvalue weighted by Gasteiger charge is 2.21. The molecule has 2 unspecified atom stereocenters. The molecule has 0 aromatic heterocycles. The lowest BCUT2D eigenvalue weighted by atomic mass is 10.1. The van der Waals surface area contributed by atoms with Crippen molar-refractivity contribution in [2.24, 2.45) is 0 Å². The van der Waals surface area contributed by atoms with Crippen LogP contribution in [0.2, 0.25) is 0 Å². The zero-order chi connectivity index (χ0) is 18.1. The first-order valence-corrected chi connectivity index (χ1v) is 9.13. The summed E-state index contributed by atoms with van der Waals surface area (Å²) in [5.74, 6) is 0.868. The predicted octanol–water partition coefficient (Wildman–Crippen LogP) is 2.33. The molecule has 1 heterocycles. The minimum absolute atomic E-state index is 0. The second kappa shape index (κ2) is 11.8. The number of nitrogens with one attached hydrogen (secondary N) is 3. The maximum absolute atomic E-state index is 12.0. The molecule has 1 aromatic rings. The summed E-state index contributed by atoms with van der Waals surface area (Å²) in [4.78, 5) is 23.9. The molecule has 0 aliphatic carbocycles. The number of halogens is 1. The fourth-order valence-corrected chi connectivity index (χ4v) is 2.91. The minimum Gasteiger partial charge on any atom is -0.494 e. The van der Waals surface area contributed by atoms with Gasteiger partial charge in [0.25, 0.3) is 0 Å². The van der Waals surface area contributed by atoms with Crippen molar-refractivity contribution in [1.29, 1.82) is 0 Å². The van der Waals surface area contributed by atoms with Gasteiger partial charge in [-0.25, -0.2) is 0 Å². The predicted molar refractivity (Wildman–Crippen MR) is 105 cm³/mol. The van der Waals surface area contributed by atoms with E-state index in [4.69, 9.17) is 4.74 Å². The summed E-state index contributed by atoms with van der Waals surface area (Å²) < 4.78 is 5.42. The van der Waals surface area contributed by atoms with Crippen LogP contribution in [0.15, 0.2) is 24.3 Å². The summed E-state index contributed by atoms with van der Waals surface area (Å²) >= 11 is 0. The van der Waals surface area contributed by atoms with Crippen LogP contribution in [-0.2, 0) is 9.59 Å². The van der Waals surface area contributed by atoms with Crippen molar-refractivity contribution in [1.82, 2.24) is 16.0 Å². The number of ether oxygens (including phenoxy) is 1. The van der Waals surface area contributed by atoms with Gasteiger partial charge >= 0.3 is 0 Å². The van der Waals surface area contributed by atoms with Gasteiger partial charge in [-0.1, -0.05) is 12.1 Å². The fraction of sp³-hybridized carbons (Fsp3) is 0.579. The van der Waals surface area contributed by atoms with E-state index in [1.54, 1.807) is 0 Å². The van der Waals surface area contributed by atoms with Crippen molar-refractivity contribution in [3.63, 3.8) is 0 Å². The minimum atomic E-state index is -0.0616. The van der Waals surface area contributed by atoms with Crippen LogP contribution in [0.3, 0.4) is 0 Å². The summed E-state index contributed by atoms with van der Waals surface area (Å²) in [6, 6.07) is 7.63. The Hall–Kier alpha value is -1.79. The highest BCUT2D eigenvalue weighted by Crippen LogP contribution is 2.17. The second-order valence-corrected chi connectivity index (χ2v) is 6.33. The van der Waals surface area contributed by atoms with E-state index in [0.29, 0.717) is 26.0 Å². The lowest BCUT2D eigenvalue weighted by molar-refractivity contribution is -0.124. The van der Waals surface area contributed by atoms with E-state index >= 15 is 0 Å². The first kappa shape index (κ1) is 22.3. The third-order valence-corrected chi connectivity index (χ3v) is 4.33. The molecule has 1 aromatic carbocycles. The molecule has 146 valence electrons.